The Balaban J connectivity index is 0.00000116. The molecule has 164 valence electrons. The van der Waals surface area contributed by atoms with Crippen molar-refractivity contribution in [2.75, 3.05) is 33.2 Å². The second kappa shape index (κ2) is 15.9. The van der Waals surface area contributed by atoms with Gasteiger partial charge < -0.3 is 36.0 Å². The third-order valence-corrected chi connectivity index (χ3v) is 4.12. The van der Waals surface area contributed by atoms with Gasteiger partial charge in [0, 0.05) is 32.5 Å². The van der Waals surface area contributed by atoms with Crippen molar-refractivity contribution in [3.63, 3.8) is 0 Å². The van der Waals surface area contributed by atoms with Crippen molar-refractivity contribution in [1.29, 1.82) is 0 Å². The lowest BCUT2D eigenvalue weighted by Crippen LogP contribution is -2.42. The van der Waals surface area contributed by atoms with E-state index in [9.17, 15) is 9.59 Å². The Hall–Kier alpha value is -3.15. The molecule has 0 saturated carbocycles. The number of aromatic amines is 1. The average molecular weight is 414 g/mol. The lowest BCUT2D eigenvalue weighted by Gasteiger charge is -2.31. The maximum Gasteiger partial charge on any atom is 0.317 e. The summed E-state index contributed by atoms with van der Waals surface area (Å²) in [7, 11) is 1.74. The fraction of sp³-hybridized carbons (Fsp3) is 0.588. The lowest BCUT2D eigenvalue weighted by atomic mass is 9.97. The molecule has 1 aliphatic heterocycles. The molecule has 29 heavy (non-hydrogen) atoms. The van der Waals surface area contributed by atoms with Crippen LogP contribution >= 0.6 is 0 Å². The van der Waals surface area contributed by atoms with E-state index in [0.717, 1.165) is 44.7 Å². The minimum Gasteiger partial charge on any atom is -0.483 e. The number of nitrogens with one attached hydrogen (secondary N) is 2. The number of likely N-dealkylation sites (tertiary alicyclic amines) is 1. The first-order chi connectivity index (χ1) is 13.9. The summed E-state index contributed by atoms with van der Waals surface area (Å²) in [5.74, 6) is 0.522. The molecule has 1 aliphatic rings. The van der Waals surface area contributed by atoms with Gasteiger partial charge in [-0.1, -0.05) is 0 Å². The number of H-pyrrole nitrogens is 1. The van der Waals surface area contributed by atoms with Crippen molar-refractivity contribution in [2.45, 2.75) is 25.8 Å². The van der Waals surface area contributed by atoms with Crippen LogP contribution in [0.4, 0.5) is 4.79 Å². The molecule has 6 N–H and O–H groups in total. The van der Waals surface area contributed by atoms with Crippen LogP contribution in [0.5, 0.6) is 0 Å². The van der Waals surface area contributed by atoms with Crippen molar-refractivity contribution in [3.8, 4) is 0 Å². The van der Waals surface area contributed by atoms with Crippen LogP contribution in [0.1, 0.15) is 25.1 Å². The normalized spacial score (nSPS) is 15.6. The molecule has 1 unspecified atom stereocenters. The molecule has 1 aromatic heterocycles. The summed E-state index contributed by atoms with van der Waals surface area (Å²) in [6, 6.07) is -0.116. The summed E-state index contributed by atoms with van der Waals surface area (Å²) >= 11 is 0. The zero-order chi connectivity index (χ0) is 22.1. The molecular weight excluding hydrogens is 384 g/mol. The highest BCUT2D eigenvalue weighted by molar-refractivity contribution is 5.77. The number of carboxylic acid groups (broad SMARTS) is 2. The smallest absolute Gasteiger partial charge is 0.317 e. The number of hydrogen-bond acceptors (Lipinski definition) is 6. The largest absolute Gasteiger partial charge is 0.483 e. The summed E-state index contributed by atoms with van der Waals surface area (Å²) < 4.78 is 0. The number of primary amides is 1. The van der Waals surface area contributed by atoms with Crippen LogP contribution in [0, 0.1) is 5.92 Å². The van der Waals surface area contributed by atoms with E-state index in [0.29, 0.717) is 13.1 Å². The van der Waals surface area contributed by atoms with Crippen molar-refractivity contribution in [1.82, 2.24) is 25.1 Å². The molecule has 1 atom stereocenters. The topological polar surface area (TPSA) is 182 Å². The highest BCUT2D eigenvalue weighted by atomic mass is 16.3. The lowest BCUT2D eigenvalue weighted by molar-refractivity contribution is -0.124. The van der Waals surface area contributed by atoms with Gasteiger partial charge in [-0.25, -0.2) is 9.78 Å². The van der Waals surface area contributed by atoms with Gasteiger partial charge >= 0.3 is 6.03 Å². The molecule has 1 aromatic rings. The molecule has 0 spiro atoms. The summed E-state index contributed by atoms with van der Waals surface area (Å²) in [4.78, 5) is 50.8. The molecule has 0 aliphatic carbocycles. The number of carbonyl (C=O) groups is 4. The molecule has 12 heteroatoms. The fourth-order valence-corrected chi connectivity index (χ4v) is 2.80. The van der Waals surface area contributed by atoms with Crippen molar-refractivity contribution in [3.05, 3.63) is 18.2 Å². The van der Waals surface area contributed by atoms with Gasteiger partial charge in [0.1, 0.15) is 5.82 Å². The standard InChI is InChI=1S/C15H26N6O2.2CH2O2/c1-20(11-13-17-6-7-18-13)15(23)19-5-3-9-21-8-2-4-12(10-21)14(16)22;2*2-1-3/h6-7,12H,2-5,8-11H2,1H3,(H2,16,22)(H,17,18)(H,19,23);2*1H,(H,2,3). The summed E-state index contributed by atoms with van der Waals surface area (Å²) in [5.41, 5.74) is 5.38. The quantitative estimate of drug-likeness (QED) is 0.293. The van der Waals surface area contributed by atoms with E-state index in [2.05, 4.69) is 20.2 Å². The van der Waals surface area contributed by atoms with Gasteiger partial charge in [0.2, 0.25) is 5.91 Å². The minimum atomic E-state index is -0.250. The van der Waals surface area contributed by atoms with Gasteiger partial charge in [0.25, 0.3) is 12.9 Å². The Morgan fingerprint density at radius 2 is 2.07 bits per heavy atom. The monoisotopic (exact) mass is 414 g/mol. The van der Waals surface area contributed by atoms with Gasteiger partial charge in [0.05, 0.1) is 12.5 Å². The third-order valence-electron chi connectivity index (χ3n) is 4.12. The van der Waals surface area contributed by atoms with E-state index in [-0.39, 0.29) is 30.8 Å². The van der Waals surface area contributed by atoms with E-state index < -0.39 is 0 Å². The molecule has 0 bridgehead atoms. The molecule has 0 aromatic carbocycles. The van der Waals surface area contributed by atoms with Gasteiger partial charge in [0.15, 0.2) is 0 Å². The molecule has 1 saturated heterocycles. The molecular formula is C17H30N6O6. The highest BCUT2D eigenvalue weighted by Gasteiger charge is 2.23. The zero-order valence-corrected chi connectivity index (χ0v) is 16.5. The number of piperidine rings is 1. The Bertz CT molecular complexity index is 591. The van der Waals surface area contributed by atoms with Crippen molar-refractivity contribution >= 4 is 24.9 Å². The molecule has 2 heterocycles. The predicted octanol–water partition coefficient (Wildman–Crippen LogP) is -0.460. The number of amides is 3. The van der Waals surface area contributed by atoms with Crippen LogP contribution in [0.25, 0.3) is 0 Å². The molecule has 12 nitrogen and oxygen atoms in total. The van der Waals surface area contributed by atoms with Crippen LogP contribution in [0.3, 0.4) is 0 Å². The van der Waals surface area contributed by atoms with Gasteiger partial charge in [-0.3, -0.25) is 14.4 Å². The summed E-state index contributed by atoms with van der Waals surface area (Å²) in [5, 5.41) is 16.7. The van der Waals surface area contributed by atoms with Gasteiger partial charge in [-0.2, -0.15) is 0 Å². The van der Waals surface area contributed by atoms with Crippen LogP contribution in [0.15, 0.2) is 12.4 Å². The van der Waals surface area contributed by atoms with Crippen molar-refractivity contribution in [2.24, 2.45) is 11.7 Å². The molecule has 1 fully saturated rings. The maximum atomic E-state index is 12.0. The fourth-order valence-electron chi connectivity index (χ4n) is 2.80. The molecule has 0 radical (unpaired) electrons. The maximum absolute atomic E-state index is 12.0. The van der Waals surface area contributed by atoms with E-state index in [1.165, 1.54) is 0 Å². The minimum absolute atomic E-state index is 0.0298. The SMILES string of the molecule is CN(Cc1ncc[nH]1)C(=O)NCCCN1CCCC(C(N)=O)C1.O=CO.O=CO. The number of carbonyl (C=O) groups excluding carboxylic acids is 2. The number of nitrogens with two attached hydrogens (primary N) is 1. The van der Waals surface area contributed by atoms with E-state index in [4.69, 9.17) is 25.5 Å². The van der Waals surface area contributed by atoms with E-state index in [1.807, 2.05) is 0 Å². The molecule has 3 amide bonds. The van der Waals surface area contributed by atoms with E-state index >= 15 is 0 Å². The summed E-state index contributed by atoms with van der Waals surface area (Å²) in [6.45, 7) is 3.16. The first kappa shape index (κ1) is 25.9. The van der Waals surface area contributed by atoms with Gasteiger partial charge in [-0.05, 0) is 32.4 Å². The second-order valence-electron chi connectivity index (χ2n) is 6.23. The number of rotatable bonds is 7. The first-order valence-electron chi connectivity index (χ1n) is 9.04. The van der Waals surface area contributed by atoms with Crippen LogP contribution in [-0.2, 0) is 20.9 Å². The number of hydrogen-bond donors (Lipinski definition) is 5. The second-order valence-corrected chi connectivity index (χ2v) is 6.23. The third kappa shape index (κ3) is 12.0. The number of imidazole rings is 1. The van der Waals surface area contributed by atoms with Gasteiger partial charge in [-0.15, -0.1) is 0 Å². The van der Waals surface area contributed by atoms with E-state index in [1.54, 1.807) is 24.3 Å². The Labute approximate surface area is 169 Å². The number of nitrogens with zero attached hydrogens (tertiary/aromatic N) is 3. The predicted molar refractivity (Wildman–Crippen MR) is 104 cm³/mol. The highest BCUT2D eigenvalue weighted by Crippen LogP contribution is 2.15. The van der Waals surface area contributed by atoms with Crippen molar-refractivity contribution < 1.29 is 29.4 Å². The van der Waals surface area contributed by atoms with Crippen LogP contribution < -0.4 is 11.1 Å². The van der Waals surface area contributed by atoms with Crippen LogP contribution in [-0.4, -0.2) is 88.1 Å². The zero-order valence-electron chi connectivity index (χ0n) is 16.5. The van der Waals surface area contributed by atoms with Crippen LogP contribution in [0.2, 0.25) is 0 Å². The average Bonchev–Trinajstić information content (AvgIpc) is 3.19. The Morgan fingerprint density at radius 3 is 2.62 bits per heavy atom. The number of urea groups is 1. The Kier molecular flexibility index (Phi) is 14.1. The first-order valence-corrected chi connectivity index (χ1v) is 9.04. The Morgan fingerprint density at radius 1 is 1.41 bits per heavy atom. The summed E-state index contributed by atoms with van der Waals surface area (Å²) in [6.07, 6.45) is 6.15. The molecule has 2 rings (SSSR count). The number of aromatic nitrogens is 2.